The summed E-state index contributed by atoms with van der Waals surface area (Å²) in [6.45, 7) is 0. The SMILES string of the molecule is COc1cc2c(cc1OC)C1C(=c3c(OC)cc(OC)c(OC)c3=C[NH+]1C)C=C2. The molecule has 1 aliphatic carbocycles. The average molecular weight is 396 g/mol. The van der Waals surface area contributed by atoms with Crippen molar-refractivity contribution in [3.8, 4) is 28.7 Å². The van der Waals surface area contributed by atoms with Gasteiger partial charge in [-0.1, -0.05) is 12.2 Å². The van der Waals surface area contributed by atoms with Gasteiger partial charge in [-0.3, -0.25) is 0 Å². The predicted octanol–water partition coefficient (Wildman–Crippen LogP) is 0.915. The molecule has 0 aromatic heterocycles. The van der Waals surface area contributed by atoms with Crippen LogP contribution in [0.1, 0.15) is 17.2 Å². The van der Waals surface area contributed by atoms with E-state index in [0.717, 1.165) is 38.8 Å². The Morgan fingerprint density at radius 3 is 2.00 bits per heavy atom. The fourth-order valence-corrected chi connectivity index (χ4v) is 4.37. The molecule has 0 bridgehead atoms. The molecule has 6 heteroatoms. The van der Waals surface area contributed by atoms with Crippen molar-refractivity contribution in [2.45, 2.75) is 6.04 Å². The molecular formula is C23H26NO5+. The van der Waals surface area contributed by atoms with E-state index in [-0.39, 0.29) is 6.04 Å². The van der Waals surface area contributed by atoms with E-state index in [1.165, 1.54) is 10.5 Å². The Kier molecular flexibility index (Phi) is 4.88. The minimum atomic E-state index is 0.0920. The van der Waals surface area contributed by atoms with E-state index < -0.39 is 0 Å². The molecule has 1 heterocycles. The fourth-order valence-electron chi connectivity index (χ4n) is 4.37. The lowest BCUT2D eigenvalue weighted by atomic mass is 9.84. The van der Waals surface area contributed by atoms with Gasteiger partial charge in [-0.2, -0.15) is 0 Å². The second-order valence-corrected chi connectivity index (χ2v) is 7.05. The van der Waals surface area contributed by atoms with Crippen LogP contribution in [0.15, 0.2) is 24.3 Å². The number of hydrogen-bond donors (Lipinski definition) is 1. The molecule has 0 saturated carbocycles. The first kappa shape index (κ1) is 19.2. The summed E-state index contributed by atoms with van der Waals surface area (Å²) >= 11 is 0. The molecule has 2 aliphatic rings. The molecule has 2 atom stereocenters. The van der Waals surface area contributed by atoms with Gasteiger partial charge in [-0.05, 0) is 17.7 Å². The van der Waals surface area contributed by atoms with E-state index >= 15 is 0 Å². The summed E-state index contributed by atoms with van der Waals surface area (Å²) in [6.07, 6.45) is 6.43. The van der Waals surface area contributed by atoms with Crippen LogP contribution in [-0.4, -0.2) is 42.6 Å². The molecule has 6 nitrogen and oxygen atoms in total. The molecule has 0 radical (unpaired) electrons. The van der Waals surface area contributed by atoms with Crippen molar-refractivity contribution in [2.75, 3.05) is 42.6 Å². The van der Waals surface area contributed by atoms with Gasteiger partial charge in [-0.15, -0.1) is 0 Å². The molecule has 0 spiro atoms. The third kappa shape index (κ3) is 2.83. The van der Waals surface area contributed by atoms with Crippen LogP contribution in [0.25, 0.3) is 17.8 Å². The first-order chi connectivity index (χ1) is 14.1. The summed E-state index contributed by atoms with van der Waals surface area (Å²) in [6, 6.07) is 6.07. The Morgan fingerprint density at radius 1 is 0.724 bits per heavy atom. The Balaban J connectivity index is 2.07. The van der Waals surface area contributed by atoms with Crippen LogP contribution < -0.4 is 39.0 Å². The molecule has 2 aromatic carbocycles. The lowest BCUT2D eigenvalue weighted by molar-refractivity contribution is -0.821. The number of nitrogens with one attached hydrogen (secondary N) is 1. The Bertz CT molecular complexity index is 1120. The van der Waals surface area contributed by atoms with Gasteiger partial charge in [0.1, 0.15) is 18.0 Å². The van der Waals surface area contributed by atoms with Crippen LogP contribution in [0.5, 0.6) is 28.7 Å². The molecule has 29 heavy (non-hydrogen) atoms. The third-order valence-corrected chi connectivity index (χ3v) is 5.66. The van der Waals surface area contributed by atoms with E-state index in [1.807, 2.05) is 12.1 Å². The molecular weight excluding hydrogens is 370 g/mol. The van der Waals surface area contributed by atoms with E-state index in [0.29, 0.717) is 11.5 Å². The monoisotopic (exact) mass is 396 g/mol. The van der Waals surface area contributed by atoms with Crippen LogP contribution >= 0.6 is 0 Å². The summed E-state index contributed by atoms with van der Waals surface area (Å²) in [4.78, 5) is 1.21. The van der Waals surface area contributed by atoms with E-state index in [2.05, 4.69) is 31.5 Å². The van der Waals surface area contributed by atoms with Crippen LogP contribution in [0.3, 0.4) is 0 Å². The minimum Gasteiger partial charge on any atom is -0.496 e. The first-order valence-electron chi connectivity index (χ1n) is 9.40. The zero-order valence-corrected chi connectivity index (χ0v) is 17.6. The number of ether oxygens (including phenoxy) is 5. The minimum absolute atomic E-state index is 0.0920. The molecule has 2 unspecified atom stereocenters. The van der Waals surface area contributed by atoms with E-state index in [4.69, 9.17) is 23.7 Å². The average Bonchev–Trinajstić information content (AvgIpc) is 2.76. The molecule has 4 rings (SSSR count). The highest BCUT2D eigenvalue weighted by atomic mass is 16.5. The molecule has 0 fully saturated rings. The second kappa shape index (κ2) is 7.37. The van der Waals surface area contributed by atoms with Crippen molar-refractivity contribution < 1.29 is 28.6 Å². The van der Waals surface area contributed by atoms with Crippen LogP contribution in [0, 0.1) is 0 Å². The third-order valence-electron chi connectivity index (χ3n) is 5.66. The molecule has 1 N–H and O–H groups in total. The van der Waals surface area contributed by atoms with Gasteiger partial charge < -0.3 is 28.6 Å². The second-order valence-electron chi connectivity index (χ2n) is 7.05. The molecule has 152 valence electrons. The summed E-state index contributed by atoms with van der Waals surface area (Å²) < 4.78 is 28.0. The maximum atomic E-state index is 5.74. The maximum Gasteiger partial charge on any atom is 0.174 e. The Hall–Kier alpha value is -3.12. The molecule has 2 aromatic rings. The van der Waals surface area contributed by atoms with Crippen molar-refractivity contribution in [3.63, 3.8) is 0 Å². The van der Waals surface area contributed by atoms with Gasteiger partial charge in [0.15, 0.2) is 23.0 Å². The summed E-state index contributed by atoms with van der Waals surface area (Å²) in [5, 5.41) is 2.00. The van der Waals surface area contributed by atoms with Gasteiger partial charge >= 0.3 is 0 Å². The number of fused-ring (bicyclic) bond motifs is 4. The van der Waals surface area contributed by atoms with Gasteiger partial charge in [0, 0.05) is 22.4 Å². The predicted molar refractivity (Wildman–Crippen MR) is 111 cm³/mol. The first-order valence-corrected chi connectivity index (χ1v) is 9.40. The normalized spacial score (nSPS) is 18.8. The number of methoxy groups -OCH3 is 5. The summed E-state index contributed by atoms with van der Waals surface area (Å²) in [7, 11) is 10.4. The van der Waals surface area contributed by atoms with Gasteiger partial charge in [0.05, 0.1) is 47.8 Å². The van der Waals surface area contributed by atoms with E-state index in [1.54, 1.807) is 35.5 Å². The summed E-state index contributed by atoms with van der Waals surface area (Å²) in [5.41, 5.74) is 3.46. The molecule has 1 aliphatic heterocycles. The van der Waals surface area contributed by atoms with Crippen LogP contribution in [-0.2, 0) is 0 Å². The molecule has 0 amide bonds. The largest absolute Gasteiger partial charge is 0.496 e. The van der Waals surface area contributed by atoms with Crippen LogP contribution in [0.4, 0.5) is 0 Å². The number of rotatable bonds is 5. The highest BCUT2D eigenvalue weighted by Crippen LogP contribution is 2.39. The van der Waals surface area contributed by atoms with Crippen molar-refractivity contribution in [1.29, 1.82) is 0 Å². The topological polar surface area (TPSA) is 50.6 Å². The van der Waals surface area contributed by atoms with Gasteiger partial charge in [-0.25, -0.2) is 0 Å². The zero-order valence-electron chi connectivity index (χ0n) is 17.6. The maximum absolute atomic E-state index is 5.74. The van der Waals surface area contributed by atoms with Crippen molar-refractivity contribution in [3.05, 3.63) is 45.8 Å². The lowest BCUT2D eigenvalue weighted by Crippen LogP contribution is -3.06. The van der Waals surface area contributed by atoms with Gasteiger partial charge in [0.2, 0.25) is 0 Å². The smallest absolute Gasteiger partial charge is 0.174 e. The van der Waals surface area contributed by atoms with E-state index in [9.17, 15) is 0 Å². The highest BCUT2D eigenvalue weighted by molar-refractivity contribution is 5.81. The number of benzene rings is 2. The zero-order chi connectivity index (χ0) is 20.7. The highest BCUT2D eigenvalue weighted by Gasteiger charge is 2.34. The fraction of sp³-hybridized carbons (Fsp3) is 0.304. The quantitative estimate of drug-likeness (QED) is 0.815. The Morgan fingerprint density at radius 2 is 1.38 bits per heavy atom. The van der Waals surface area contributed by atoms with Crippen molar-refractivity contribution in [1.82, 2.24) is 0 Å². The Labute approximate surface area is 170 Å². The van der Waals surface area contributed by atoms with Crippen LogP contribution in [0.2, 0.25) is 0 Å². The van der Waals surface area contributed by atoms with Gasteiger partial charge in [0.25, 0.3) is 0 Å². The number of hydrogen-bond acceptors (Lipinski definition) is 5. The lowest BCUT2D eigenvalue weighted by Gasteiger charge is -2.31. The van der Waals surface area contributed by atoms with Crippen molar-refractivity contribution in [2.24, 2.45) is 0 Å². The van der Waals surface area contributed by atoms with Crippen molar-refractivity contribution >= 4 is 17.8 Å². The number of quaternary nitrogens is 1. The summed E-state index contributed by atoms with van der Waals surface area (Å²) in [5.74, 6) is 3.56. The molecule has 0 saturated heterocycles. The standard InChI is InChI=1S/C23H25NO5/c1-24-12-16-21(19(27-4)11-20(28-5)23(16)29-6)14-8-7-13-9-17(25-2)18(26-3)10-15(13)22(14)24/h7-12,22H,1-6H3/p+1.